The van der Waals surface area contributed by atoms with Crippen LogP contribution in [0.2, 0.25) is 0 Å². The Hall–Kier alpha value is -2.77. The summed E-state index contributed by atoms with van der Waals surface area (Å²) in [6.07, 6.45) is -0.387. The van der Waals surface area contributed by atoms with Crippen LogP contribution in [0.25, 0.3) is 0 Å². The van der Waals surface area contributed by atoms with Crippen LogP contribution in [0.4, 0.5) is 21.0 Å². The van der Waals surface area contributed by atoms with Gasteiger partial charge in [0.2, 0.25) is 5.91 Å². The molecule has 8 heteroatoms. The molecule has 136 valence electrons. The molecule has 0 saturated carbocycles. The number of rotatable bonds is 4. The van der Waals surface area contributed by atoms with Crippen molar-refractivity contribution in [3.8, 4) is 0 Å². The fourth-order valence-corrected chi connectivity index (χ4v) is 2.30. The van der Waals surface area contributed by atoms with Crippen LogP contribution >= 0.6 is 0 Å². The highest BCUT2D eigenvalue weighted by atomic mass is 16.6. The van der Waals surface area contributed by atoms with Crippen LogP contribution in [0.1, 0.15) is 27.7 Å². The van der Waals surface area contributed by atoms with Crippen molar-refractivity contribution in [2.24, 2.45) is 0 Å². The highest BCUT2D eigenvalue weighted by Gasteiger charge is 2.24. The van der Waals surface area contributed by atoms with Gasteiger partial charge in [0.15, 0.2) is 0 Å². The maximum atomic E-state index is 12.1. The summed E-state index contributed by atoms with van der Waals surface area (Å²) in [6.45, 7) is 7.98. The summed E-state index contributed by atoms with van der Waals surface area (Å²) in [5, 5.41) is 7.98. The molecule has 1 aliphatic heterocycles. The molecular formula is C17H24N4O4. The topological polar surface area (TPSA) is 99.8 Å². The quantitative estimate of drug-likeness (QED) is 0.773. The Morgan fingerprint density at radius 1 is 1.28 bits per heavy atom. The number of anilines is 2. The van der Waals surface area contributed by atoms with Gasteiger partial charge in [-0.15, -0.1) is 0 Å². The minimum atomic E-state index is -0.633. The zero-order valence-electron chi connectivity index (χ0n) is 14.9. The maximum Gasteiger partial charge on any atom is 0.414 e. The van der Waals surface area contributed by atoms with Gasteiger partial charge in [0, 0.05) is 16.9 Å². The van der Waals surface area contributed by atoms with Crippen LogP contribution < -0.4 is 20.9 Å². The average molecular weight is 348 g/mol. The predicted molar refractivity (Wildman–Crippen MR) is 94.6 cm³/mol. The molecule has 1 fully saturated rings. The van der Waals surface area contributed by atoms with Gasteiger partial charge in [0.05, 0.1) is 6.54 Å². The van der Waals surface area contributed by atoms with Crippen LogP contribution in [-0.2, 0) is 9.53 Å². The molecule has 25 heavy (non-hydrogen) atoms. The number of carbonyl (C=O) groups is 3. The first-order chi connectivity index (χ1) is 11.7. The molecule has 8 nitrogen and oxygen atoms in total. The van der Waals surface area contributed by atoms with Crippen molar-refractivity contribution in [2.75, 3.05) is 23.4 Å². The summed E-state index contributed by atoms with van der Waals surface area (Å²) in [7, 11) is 0. The first-order valence-corrected chi connectivity index (χ1v) is 8.09. The third-order valence-corrected chi connectivity index (χ3v) is 3.42. The van der Waals surface area contributed by atoms with Crippen molar-refractivity contribution in [2.45, 2.75) is 39.3 Å². The second kappa shape index (κ2) is 7.42. The number of nitrogens with one attached hydrogen (secondary N) is 3. The molecular weight excluding hydrogens is 324 g/mol. The molecule has 3 N–H and O–H groups in total. The van der Waals surface area contributed by atoms with Crippen LogP contribution in [-0.4, -0.2) is 42.8 Å². The molecule has 0 unspecified atom stereocenters. The number of nitrogens with zero attached hydrogens (tertiary/aromatic N) is 1. The van der Waals surface area contributed by atoms with E-state index in [9.17, 15) is 14.4 Å². The Balaban J connectivity index is 1.96. The van der Waals surface area contributed by atoms with Crippen molar-refractivity contribution in [3.63, 3.8) is 0 Å². The van der Waals surface area contributed by atoms with E-state index in [1.54, 1.807) is 31.2 Å². The van der Waals surface area contributed by atoms with Gasteiger partial charge in [-0.05, 0) is 45.9 Å². The van der Waals surface area contributed by atoms with Crippen LogP contribution in [0.15, 0.2) is 24.3 Å². The summed E-state index contributed by atoms with van der Waals surface area (Å²) < 4.78 is 4.92. The fraction of sp³-hybridized carbons (Fsp3) is 0.471. The Kier molecular flexibility index (Phi) is 5.51. The van der Waals surface area contributed by atoms with Gasteiger partial charge in [0.25, 0.3) is 0 Å². The monoisotopic (exact) mass is 348 g/mol. The van der Waals surface area contributed by atoms with E-state index >= 15 is 0 Å². The molecule has 0 radical (unpaired) electrons. The van der Waals surface area contributed by atoms with Gasteiger partial charge >= 0.3 is 12.1 Å². The largest absolute Gasteiger partial charge is 0.447 e. The first kappa shape index (κ1) is 18.6. The van der Waals surface area contributed by atoms with E-state index in [4.69, 9.17) is 4.74 Å². The smallest absolute Gasteiger partial charge is 0.414 e. The summed E-state index contributed by atoms with van der Waals surface area (Å²) in [6, 6.07) is 5.93. The first-order valence-electron chi connectivity index (χ1n) is 8.09. The SMILES string of the molecule is C[C@H](Nc1cccc(N2CCOC2=O)c1)C(=O)NC(=O)NC(C)(C)C. The maximum absolute atomic E-state index is 12.1. The van der Waals surface area contributed by atoms with E-state index in [1.165, 1.54) is 4.90 Å². The van der Waals surface area contributed by atoms with Crippen molar-refractivity contribution in [1.29, 1.82) is 0 Å². The predicted octanol–water partition coefficient (Wildman–Crippen LogP) is 2.07. The zero-order chi connectivity index (χ0) is 18.6. The number of hydrogen-bond acceptors (Lipinski definition) is 5. The second-order valence-electron chi connectivity index (χ2n) is 6.88. The van der Waals surface area contributed by atoms with E-state index in [0.29, 0.717) is 24.5 Å². The number of urea groups is 1. The lowest BCUT2D eigenvalue weighted by Crippen LogP contribution is -2.51. The molecule has 1 atom stereocenters. The molecule has 1 aliphatic rings. The Morgan fingerprint density at radius 3 is 2.60 bits per heavy atom. The van der Waals surface area contributed by atoms with E-state index in [-0.39, 0.29) is 6.09 Å². The van der Waals surface area contributed by atoms with Gasteiger partial charge < -0.3 is 15.4 Å². The third-order valence-electron chi connectivity index (χ3n) is 3.42. The third kappa shape index (κ3) is 5.37. The summed E-state index contributed by atoms with van der Waals surface area (Å²) in [4.78, 5) is 37.0. The van der Waals surface area contributed by atoms with Crippen LogP contribution in [0.3, 0.4) is 0 Å². The van der Waals surface area contributed by atoms with Gasteiger partial charge in [0.1, 0.15) is 12.6 Å². The summed E-state index contributed by atoms with van der Waals surface area (Å²) in [5.41, 5.74) is 0.918. The second-order valence-corrected chi connectivity index (χ2v) is 6.88. The number of imide groups is 1. The molecule has 0 aliphatic carbocycles. The summed E-state index contributed by atoms with van der Waals surface area (Å²) >= 11 is 0. The van der Waals surface area contributed by atoms with Crippen LogP contribution in [0, 0.1) is 0 Å². The number of benzene rings is 1. The minimum Gasteiger partial charge on any atom is -0.447 e. The Bertz CT molecular complexity index is 669. The van der Waals surface area contributed by atoms with Crippen molar-refractivity contribution >= 4 is 29.4 Å². The average Bonchev–Trinajstić information content (AvgIpc) is 2.91. The fourth-order valence-electron chi connectivity index (χ4n) is 2.30. The number of cyclic esters (lactones) is 1. The van der Waals surface area contributed by atoms with Crippen LogP contribution in [0.5, 0.6) is 0 Å². The van der Waals surface area contributed by atoms with E-state index < -0.39 is 23.5 Å². The van der Waals surface area contributed by atoms with Crippen molar-refractivity contribution in [1.82, 2.24) is 10.6 Å². The van der Waals surface area contributed by atoms with Gasteiger partial charge in [-0.25, -0.2) is 9.59 Å². The number of hydrogen-bond donors (Lipinski definition) is 3. The Labute approximate surface area is 146 Å². The molecule has 2 rings (SSSR count). The lowest BCUT2D eigenvalue weighted by atomic mass is 10.1. The standard InChI is InChI=1S/C17H24N4O4/c1-11(14(22)19-15(23)20-17(2,3)4)18-12-6-5-7-13(10-12)21-8-9-25-16(21)24/h5-7,10-11,18H,8-9H2,1-4H3,(H2,19,20,22,23)/t11-/m0/s1. The van der Waals surface area contributed by atoms with Gasteiger partial charge in [-0.3, -0.25) is 15.0 Å². The highest BCUT2D eigenvalue weighted by Crippen LogP contribution is 2.22. The Morgan fingerprint density at radius 2 is 2.00 bits per heavy atom. The number of ether oxygens (including phenoxy) is 1. The lowest BCUT2D eigenvalue weighted by Gasteiger charge is -2.22. The molecule has 1 aromatic rings. The van der Waals surface area contributed by atoms with E-state index in [0.717, 1.165) is 0 Å². The van der Waals surface area contributed by atoms with Gasteiger partial charge in [-0.1, -0.05) is 6.07 Å². The van der Waals surface area contributed by atoms with E-state index in [2.05, 4.69) is 16.0 Å². The lowest BCUT2D eigenvalue weighted by molar-refractivity contribution is -0.120. The highest BCUT2D eigenvalue weighted by molar-refractivity contribution is 5.98. The molecule has 0 bridgehead atoms. The minimum absolute atomic E-state index is 0.359. The number of amides is 4. The molecule has 1 saturated heterocycles. The molecule has 1 heterocycles. The zero-order valence-corrected chi connectivity index (χ0v) is 14.9. The molecule has 0 aromatic heterocycles. The van der Waals surface area contributed by atoms with Crippen molar-refractivity contribution < 1.29 is 19.1 Å². The summed E-state index contributed by atoms with van der Waals surface area (Å²) in [5.74, 6) is -0.451. The van der Waals surface area contributed by atoms with E-state index in [1.807, 2.05) is 20.8 Å². The number of carbonyl (C=O) groups excluding carboxylic acids is 3. The van der Waals surface area contributed by atoms with Gasteiger partial charge in [-0.2, -0.15) is 0 Å². The molecule has 1 aromatic carbocycles. The van der Waals surface area contributed by atoms with Crippen molar-refractivity contribution in [3.05, 3.63) is 24.3 Å². The molecule has 4 amide bonds. The normalized spacial score (nSPS) is 15.4. The molecule has 0 spiro atoms.